The van der Waals surface area contributed by atoms with Crippen molar-refractivity contribution in [3.8, 4) is 0 Å². The Labute approximate surface area is 136 Å². The number of benzene rings is 1. The van der Waals surface area contributed by atoms with E-state index in [4.69, 9.17) is 4.74 Å². The fourth-order valence-corrected chi connectivity index (χ4v) is 1.97. The van der Waals surface area contributed by atoms with Crippen molar-refractivity contribution in [1.82, 2.24) is 10.6 Å². The summed E-state index contributed by atoms with van der Waals surface area (Å²) >= 11 is 0. The van der Waals surface area contributed by atoms with Crippen LogP contribution in [0.2, 0.25) is 0 Å². The van der Waals surface area contributed by atoms with E-state index in [0.717, 1.165) is 12.1 Å². The maximum atomic E-state index is 13.6. The van der Waals surface area contributed by atoms with Gasteiger partial charge in [-0.15, -0.1) is 0 Å². The summed E-state index contributed by atoms with van der Waals surface area (Å²) in [6, 6.07) is 3.27. The Balaban J connectivity index is 2.56. The van der Waals surface area contributed by atoms with Crippen molar-refractivity contribution in [2.75, 3.05) is 6.54 Å². The second kappa shape index (κ2) is 8.24. The number of carbonyl (C=O) groups is 1. The highest BCUT2D eigenvalue weighted by Crippen LogP contribution is 2.11. The topological polar surface area (TPSA) is 50.4 Å². The lowest BCUT2D eigenvalue weighted by Gasteiger charge is -2.25. The van der Waals surface area contributed by atoms with E-state index in [9.17, 15) is 13.6 Å². The molecule has 0 radical (unpaired) electrons. The number of rotatable bonds is 6. The third-order valence-electron chi connectivity index (χ3n) is 3.23. The second-order valence-corrected chi connectivity index (χ2v) is 6.85. The molecule has 2 N–H and O–H groups in total. The lowest BCUT2D eigenvalue weighted by atomic mass is 10.0. The molecule has 0 fully saturated rings. The molecule has 1 atom stereocenters. The van der Waals surface area contributed by atoms with Crippen molar-refractivity contribution in [1.29, 1.82) is 0 Å². The van der Waals surface area contributed by atoms with E-state index in [1.807, 2.05) is 13.8 Å². The van der Waals surface area contributed by atoms with Crippen LogP contribution in [0.5, 0.6) is 0 Å². The molecule has 0 saturated heterocycles. The summed E-state index contributed by atoms with van der Waals surface area (Å²) in [6.45, 7) is 9.85. The van der Waals surface area contributed by atoms with E-state index in [1.165, 1.54) is 6.07 Å². The molecular weight excluding hydrogens is 302 g/mol. The first-order valence-electron chi connectivity index (χ1n) is 7.72. The summed E-state index contributed by atoms with van der Waals surface area (Å²) in [5, 5.41) is 5.84. The van der Waals surface area contributed by atoms with Gasteiger partial charge >= 0.3 is 6.09 Å². The van der Waals surface area contributed by atoms with Gasteiger partial charge in [-0.05, 0) is 44.9 Å². The standard InChI is InChI=1S/C17H26F2N2O2/c1-11(2)15(10-21-16(22)23-17(3,4)5)20-9-12-8-13(18)6-7-14(12)19/h6-8,11,15,20H,9-10H2,1-5H3,(H,21,22). The van der Waals surface area contributed by atoms with Gasteiger partial charge in [0.15, 0.2) is 0 Å². The molecular formula is C17H26F2N2O2. The summed E-state index contributed by atoms with van der Waals surface area (Å²) in [6.07, 6.45) is -0.498. The van der Waals surface area contributed by atoms with Crippen LogP contribution in [0.1, 0.15) is 40.2 Å². The first-order chi connectivity index (χ1) is 10.6. The van der Waals surface area contributed by atoms with Crippen LogP contribution >= 0.6 is 0 Å². The molecule has 4 nitrogen and oxygen atoms in total. The lowest BCUT2D eigenvalue weighted by Crippen LogP contribution is -2.45. The van der Waals surface area contributed by atoms with Crippen molar-refractivity contribution in [3.05, 3.63) is 35.4 Å². The average Bonchev–Trinajstić information content (AvgIpc) is 2.40. The summed E-state index contributed by atoms with van der Waals surface area (Å²) in [5.41, 5.74) is -0.303. The van der Waals surface area contributed by atoms with Crippen molar-refractivity contribution in [2.24, 2.45) is 5.92 Å². The van der Waals surface area contributed by atoms with Gasteiger partial charge in [-0.1, -0.05) is 13.8 Å². The molecule has 23 heavy (non-hydrogen) atoms. The maximum absolute atomic E-state index is 13.6. The van der Waals surface area contributed by atoms with Gasteiger partial charge in [-0.25, -0.2) is 13.6 Å². The Hall–Kier alpha value is -1.69. The zero-order valence-corrected chi connectivity index (χ0v) is 14.4. The van der Waals surface area contributed by atoms with Gasteiger partial charge in [0.2, 0.25) is 0 Å². The van der Waals surface area contributed by atoms with Gasteiger partial charge in [0.1, 0.15) is 17.2 Å². The fraction of sp³-hybridized carbons (Fsp3) is 0.588. The fourth-order valence-electron chi connectivity index (χ4n) is 1.97. The number of nitrogens with one attached hydrogen (secondary N) is 2. The number of alkyl carbamates (subject to hydrolysis) is 1. The third-order valence-corrected chi connectivity index (χ3v) is 3.23. The van der Waals surface area contributed by atoms with E-state index < -0.39 is 23.3 Å². The largest absolute Gasteiger partial charge is 0.444 e. The van der Waals surface area contributed by atoms with Crippen molar-refractivity contribution < 1.29 is 18.3 Å². The van der Waals surface area contributed by atoms with Crippen molar-refractivity contribution >= 4 is 6.09 Å². The second-order valence-electron chi connectivity index (χ2n) is 6.85. The molecule has 1 unspecified atom stereocenters. The number of ether oxygens (including phenoxy) is 1. The van der Waals surface area contributed by atoms with E-state index in [0.29, 0.717) is 6.54 Å². The van der Waals surface area contributed by atoms with Crippen LogP contribution in [0.4, 0.5) is 13.6 Å². The highest BCUT2D eigenvalue weighted by molar-refractivity contribution is 5.67. The van der Waals surface area contributed by atoms with Gasteiger partial charge in [0.25, 0.3) is 0 Å². The minimum Gasteiger partial charge on any atom is -0.444 e. The number of halogens is 2. The zero-order chi connectivity index (χ0) is 17.6. The Morgan fingerprint density at radius 3 is 2.48 bits per heavy atom. The quantitative estimate of drug-likeness (QED) is 0.839. The van der Waals surface area contributed by atoms with Gasteiger partial charge in [-0.2, -0.15) is 0 Å². The SMILES string of the molecule is CC(C)C(CNC(=O)OC(C)(C)C)NCc1cc(F)ccc1F. The molecule has 0 spiro atoms. The molecule has 1 amide bonds. The van der Waals surface area contributed by atoms with Gasteiger partial charge < -0.3 is 15.4 Å². The van der Waals surface area contributed by atoms with Crippen LogP contribution in [0, 0.1) is 17.6 Å². The monoisotopic (exact) mass is 328 g/mol. The van der Waals surface area contributed by atoms with E-state index >= 15 is 0 Å². The van der Waals surface area contributed by atoms with Crippen molar-refractivity contribution in [3.63, 3.8) is 0 Å². The highest BCUT2D eigenvalue weighted by Gasteiger charge is 2.19. The molecule has 1 aromatic rings. The molecule has 1 aromatic carbocycles. The number of hydrogen-bond acceptors (Lipinski definition) is 3. The van der Waals surface area contributed by atoms with Gasteiger partial charge in [-0.3, -0.25) is 0 Å². The Morgan fingerprint density at radius 2 is 1.91 bits per heavy atom. The molecule has 0 heterocycles. The maximum Gasteiger partial charge on any atom is 0.407 e. The average molecular weight is 328 g/mol. The molecule has 0 bridgehead atoms. The lowest BCUT2D eigenvalue weighted by molar-refractivity contribution is 0.0519. The van der Waals surface area contributed by atoms with Crippen LogP contribution in [-0.4, -0.2) is 24.3 Å². The third kappa shape index (κ3) is 7.41. The van der Waals surface area contributed by atoms with E-state index in [-0.39, 0.29) is 24.1 Å². The Bertz CT molecular complexity index is 528. The van der Waals surface area contributed by atoms with Crippen LogP contribution < -0.4 is 10.6 Å². The van der Waals surface area contributed by atoms with E-state index in [1.54, 1.807) is 20.8 Å². The van der Waals surface area contributed by atoms with E-state index in [2.05, 4.69) is 10.6 Å². The predicted octanol–water partition coefficient (Wildman–Crippen LogP) is 3.60. The zero-order valence-electron chi connectivity index (χ0n) is 14.4. The molecule has 130 valence electrons. The molecule has 0 saturated carbocycles. The van der Waals surface area contributed by atoms with Gasteiger partial charge in [0.05, 0.1) is 0 Å². The predicted molar refractivity (Wildman–Crippen MR) is 86.1 cm³/mol. The summed E-state index contributed by atoms with van der Waals surface area (Å²) in [5.74, 6) is -0.737. The molecule has 1 rings (SSSR count). The molecule has 0 aromatic heterocycles. The Kier molecular flexibility index (Phi) is 6.94. The Morgan fingerprint density at radius 1 is 1.26 bits per heavy atom. The van der Waals surface area contributed by atoms with Gasteiger partial charge in [0, 0.05) is 24.7 Å². The number of carbonyl (C=O) groups excluding carboxylic acids is 1. The minimum atomic E-state index is -0.560. The molecule has 0 aliphatic carbocycles. The van der Waals surface area contributed by atoms with Crippen LogP contribution in [0.15, 0.2) is 18.2 Å². The number of hydrogen-bond donors (Lipinski definition) is 2. The first-order valence-corrected chi connectivity index (χ1v) is 7.72. The summed E-state index contributed by atoms with van der Waals surface area (Å²) < 4.78 is 32.0. The van der Waals surface area contributed by atoms with Crippen LogP contribution in [-0.2, 0) is 11.3 Å². The highest BCUT2D eigenvalue weighted by atomic mass is 19.1. The molecule has 0 aliphatic heterocycles. The first kappa shape index (κ1) is 19.4. The smallest absolute Gasteiger partial charge is 0.407 e. The molecule has 6 heteroatoms. The minimum absolute atomic E-state index is 0.0924. The normalized spacial score (nSPS) is 13.0. The summed E-state index contributed by atoms with van der Waals surface area (Å²) in [7, 11) is 0. The van der Waals surface area contributed by atoms with Crippen molar-refractivity contribution in [2.45, 2.75) is 52.8 Å². The number of amides is 1. The van der Waals surface area contributed by atoms with Crippen LogP contribution in [0.3, 0.4) is 0 Å². The van der Waals surface area contributed by atoms with Crippen LogP contribution in [0.25, 0.3) is 0 Å². The summed E-state index contributed by atoms with van der Waals surface area (Å²) in [4.78, 5) is 11.7. The molecule has 0 aliphatic rings.